The number of para-hydroxylation sites is 2. The van der Waals surface area contributed by atoms with Crippen molar-refractivity contribution < 1.29 is 14.3 Å². The van der Waals surface area contributed by atoms with Crippen molar-refractivity contribution >= 4 is 41.0 Å². The Labute approximate surface area is 220 Å². The van der Waals surface area contributed by atoms with E-state index in [0.717, 1.165) is 26.6 Å². The molecular weight excluding hydrogens is 482 g/mol. The fourth-order valence-corrected chi connectivity index (χ4v) is 5.04. The standard InChI is InChI=1S/C30H25N3O3S/c1-21(34)23-15-16-29-26(17-23)33(25-12-6-8-14-28(25)37-29)30(35)19-32-31-18-24-11-5-7-13-27(24)36-20-22-9-3-2-4-10-22/h2-18,32H,19-20H2,1H3. The first kappa shape index (κ1) is 24.3. The first-order chi connectivity index (χ1) is 18.1. The summed E-state index contributed by atoms with van der Waals surface area (Å²) >= 11 is 1.59. The van der Waals surface area contributed by atoms with E-state index in [9.17, 15) is 9.59 Å². The van der Waals surface area contributed by atoms with E-state index in [4.69, 9.17) is 4.74 Å². The number of ketones is 1. The molecule has 5 rings (SSSR count). The topological polar surface area (TPSA) is 71.0 Å². The summed E-state index contributed by atoms with van der Waals surface area (Å²) in [5.74, 6) is 0.478. The normalized spacial score (nSPS) is 12.1. The number of ether oxygens (including phenoxy) is 1. The van der Waals surface area contributed by atoms with E-state index in [-0.39, 0.29) is 18.2 Å². The number of hydrogen-bond acceptors (Lipinski definition) is 6. The summed E-state index contributed by atoms with van der Waals surface area (Å²) in [7, 11) is 0. The Bertz CT molecular complexity index is 1470. The van der Waals surface area contributed by atoms with Crippen molar-refractivity contribution in [3.8, 4) is 5.75 Å². The zero-order chi connectivity index (χ0) is 25.6. The molecule has 1 amide bonds. The number of carbonyl (C=O) groups excluding carboxylic acids is 2. The van der Waals surface area contributed by atoms with Crippen molar-refractivity contribution in [1.29, 1.82) is 0 Å². The fraction of sp³-hybridized carbons (Fsp3) is 0.100. The van der Waals surface area contributed by atoms with E-state index in [1.54, 1.807) is 35.0 Å². The third kappa shape index (κ3) is 5.57. The Morgan fingerprint density at radius 2 is 1.62 bits per heavy atom. The number of nitrogens with one attached hydrogen (secondary N) is 1. The van der Waals surface area contributed by atoms with Crippen LogP contribution in [0.3, 0.4) is 0 Å². The summed E-state index contributed by atoms with van der Waals surface area (Å²) in [6, 6.07) is 30.8. The minimum atomic E-state index is -0.180. The van der Waals surface area contributed by atoms with Gasteiger partial charge in [-0.25, -0.2) is 0 Å². The van der Waals surface area contributed by atoms with Gasteiger partial charge in [-0.1, -0.05) is 72.4 Å². The van der Waals surface area contributed by atoms with Crippen LogP contribution < -0.4 is 15.1 Å². The monoisotopic (exact) mass is 507 g/mol. The van der Waals surface area contributed by atoms with E-state index in [0.29, 0.717) is 23.6 Å². The molecule has 6 nitrogen and oxygen atoms in total. The number of hydrazone groups is 1. The smallest absolute Gasteiger partial charge is 0.252 e. The van der Waals surface area contributed by atoms with Crippen molar-refractivity contribution in [2.24, 2.45) is 5.10 Å². The summed E-state index contributed by atoms with van der Waals surface area (Å²) in [4.78, 5) is 29.0. The number of carbonyl (C=O) groups is 2. The third-order valence-electron chi connectivity index (χ3n) is 5.86. The summed E-state index contributed by atoms with van der Waals surface area (Å²) in [6.07, 6.45) is 1.65. The summed E-state index contributed by atoms with van der Waals surface area (Å²) in [6.45, 7) is 1.95. The first-order valence-corrected chi connectivity index (χ1v) is 12.7. The average molecular weight is 508 g/mol. The molecule has 1 aliphatic heterocycles. The van der Waals surface area contributed by atoms with Crippen LogP contribution in [0.1, 0.15) is 28.4 Å². The van der Waals surface area contributed by atoms with Crippen LogP contribution in [0.5, 0.6) is 5.75 Å². The molecule has 1 heterocycles. The van der Waals surface area contributed by atoms with Crippen LogP contribution in [0, 0.1) is 0 Å². The van der Waals surface area contributed by atoms with Gasteiger partial charge in [0.15, 0.2) is 5.78 Å². The number of fused-ring (bicyclic) bond motifs is 2. The summed E-state index contributed by atoms with van der Waals surface area (Å²) < 4.78 is 5.98. The molecule has 7 heteroatoms. The Morgan fingerprint density at radius 3 is 2.46 bits per heavy atom. The lowest BCUT2D eigenvalue weighted by Gasteiger charge is -2.31. The predicted molar refractivity (Wildman–Crippen MR) is 147 cm³/mol. The molecule has 0 aromatic heterocycles. The number of Topliss-reactive ketones (excluding diaryl/α,β-unsaturated/α-hetero) is 1. The molecular formula is C30H25N3O3S. The van der Waals surface area contributed by atoms with Gasteiger partial charge >= 0.3 is 0 Å². The molecule has 37 heavy (non-hydrogen) atoms. The first-order valence-electron chi connectivity index (χ1n) is 11.9. The fourth-order valence-electron chi connectivity index (χ4n) is 4.00. The zero-order valence-electron chi connectivity index (χ0n) is 20.3. The average Bonchev–Trinajstić information content (AvgIpc) is 2.93. The molecule has 4 aromatic rings. The van der Waals surface area contributed by atoms with E-state index in [1.807, 2.05) is 84.9 Å². The molecule has 0 atom stereocenters. The Balaban J connectivity index is 1.30. The van der Waals surface area contributed by atoms with Crippen LogP contribution in [-0.2, 0) is 11.4 Å². The van der Waals surface area contributed by atoms with Crippen molar-refractivity contribution in [3.63, 3.8) is 0 Å². The van der Waals surface area contributed by atoms with Gasteiger partial charge in [-0.05, 0) is 48.9 Å². The Hall–Kier alpha value is -4.36. The molecule has 0 bridgehead atoms. The Kier molecular flexibility index (Phi) is 7.33. The highest BCUT2D eigenvalue weighted by atomic mass is 32.2. The second-order valence-corrected chi connectivity index (χ2v) is 9.53. The molecule has 0 saturated carbocycles. The second kappa shape index (κ2) is 11.1. The quantitative estimate of drug-likeness (QED) is 0.174. The van der Waals surface area contributed by atoms with Gasteiger partial charge in [0.05, 0.1) is 17.6 Å². The molecule has 0 aliphatic carbocycles. The minimum Gasteiger partial charge on any atom is -0.488 e. The van der Waals surface area contributed by atoms with Crippen molar-refractivity contribution in [2.45, 2.75) is 23.3 Å². The number of benzene rings is 4. The lowest BCUT2D eigenvalue weighted by molar-refractivity contribution is -0.117. The number of nitrogens with zero attached hydrogens (tertiary/aromatic N) is 2. The summed E-state index contributed by atoms with van der Waals surface area (Å²) in [5.41, 5.74) is 6.81. The van der Waals surface area contributed by atoms with Crippen LogP contribution in [0.4, 0.5) is 11.4 Å². The third-order valence-corrected chi connectivity index (χ3v) is 6.99. The zero-order valence-corrected chi connectivity index (χ0v) is 21.1. The van der Waals surface area contributed by atoms with Crippen LogP contribution in [0.25, 0.3) is 0 Å². The van der Waals surface area contributed by atoms with E-state index in [2.05, 4.69) is 10.5 Å². The maximum Gasteiger partial charge on any atom is 0.252 e. The van der Waals surface area contributed by atoms with Gasteiger partial charge in [-0.15, -0.1) is 0 Å². The van der Waals surface area contributed by atoms with Gasteiger partial charge < -0.3 is 10.2 Å². The molecule has 0 fully saturated rings. The maximum atomic E-state index is 13.4. The van der Waals surface area contributed by atoms with Gasteiger partial charge in [0.2, 0.25) is 0 Å². The molecule has 0 unspecified atom stereocenters. The number of rotatable bonds is 8. The lowest BCUT2D eigenvalue weighted by atomic mass is 10.1. The van der Waals surface area contributed by atoms with Gasteiger partial charge in [-0.3, -0.25) is 14.5 Å². The molecule has 1 N–H and O–H groups in total. The number of amides is 1. The van der Waals surface area contributed by atoms with Crippen molar-refractivity contribution in [2.75, 3.05) is 11.4 Å². The molecule has 0 spiro atoms. The van der Waals surface area contributed by atoms with Gasteiger partial charge in [0.1, 0.15) is 18.9 Å². The van der Waals surface area contributed by atoms with Gasteiger partial charge in [0, 0.05) is 20.9 Å². The number of anilines is 2. The largest absolute Gasteiger partial charge is 0.488 e. The van der Waals surface area contributed by atoms with Crippen LogP contribution in [0.2, 0.25) is 0 Å². The predicted octanol–water partition coefficient (Wildman–Crippen LogP) is 6.22. The van der Waals surface area contributed by atoms with E-state index >= 15 is 0 Å². The second-order valence-electron chi connectivity index (χ2n) is 8.44. The van der Waals surface area contributed by atoms with Gasteiger partial charge in [-0.2, -0.15) is 5.10 Å². The molecule has 1 aliphatic rings. The van der Waals surface area contributed by atoms with Gasteiger partial charge in [0.25, 0.3) is 5.91 Å². The van der Waals surface area contributed by atoms with E-state index < -0.39 is 0 Å². The highest BCUT2D eigenvalue weighted by Crippen LogP contribution is 2.48. The minimum absolute atomic E-state index is 0.0215. The van der Waals surface area contributed by atoms with Crippen LogP contribution in [0.15, 0.2) is 112 Å². The highest BCUT2D eigenvalue weighted by molar-refractivity contribution is 7.99. The van der Waals surface area contributed by atoms with Crippen LogP contribution >= 0.6 is 11.8 Å². The highest BCUT2D eigenvalue weighted by Gasteiger charge is 2.28. The van der Waals surface area contributed by atoms with Crippen molar-refractivity contribution in [3.05, 3.63) is 114 Å². The molecule has 0 radical (unpaired) electrons. The lowest BCUT2D eigenvalue weighted by Crippen LogP contribution is -2.35. The Morgan fingerprint density at radius 1 is 0.892 bits per heavy atom. The van der Waals surface area contributed by atoms with Crippen molar-refractivity contribution in [1.82, 2.24) is 5.43 Å². The number of hydrogen-bond donors (Lipinski definition) is 1. The maximum absolute atomic E-state index is 13.4. The molecule has 4 aromatic carbocycles. The van der Waals surface area contributed by atoms with Crippen LogP contribution in [-0.4, -0.2) is 24.4 Å². The summed E-state index contributed by atoms with van der Waals surface area (Å²) in [5, 5.41) is 4.29. The SMILES string of the molecule is CC(=O)c1ccc2c(c1)N(C(=O)CNN=Cc1ccccc1OCc1ccccc1)c1ccccc1S2. The molecule has 0 saturated heterocycles. The van der Waals surface area contributed by atoms with E-state index in [1.165, 1.54) is 6.92 Å². The molecule has 184 valence electrons.